The van der Waals surface area contributed by atoms with E-state index in [0.717, 1.165) is 30.9 Å². The molecule has 1 unspecified atom stereocenters. The predicted molar refractivity (Wildman–Crippen MR) is 104 cm³/mol. The summed E-state index contributed by atoms with van der Waals surface area (Å²) >= 11 is 1.62. The molecule has 1 aliphatic heterocycles. The average molecular weight is 358 g/mol. The smallest absolute Gasteiger partial charge is 0.233 e. The lowest BCUT2D eigenvalue weighted by atomic mass is 9.86. The van der Waals surface area contributed by atoms with E-state index in [0.29, 0.717) is 5.75 Å². The highest BCUT2D eigenvalue weighted by Gasteiger charge is 2.29. The van der Waals surface area contributed by atoms with Crippen molar-refractivity contribution in [3.63, 3.8) is 0 Å². The van der Waals surface area contributed by atoms with Gasteiger partial charge in [-0.25, -0.2) is 0 Å². The van der Waals surface area contributed by atoms with Crippen LogP contribution in [0.15, 0.2) is 47.1 Å². The molecular formula is C21H27NO2S. The number of carbonyl (C=O) groups is 1. The second kappa shape index (κ2) is 7.69. The van der Waals surface area contributed by atoms with Crippen molar-refractivity contribution in [1.29, 1.82) is 0 Å². The largest absolute Gasteiger partial charge is 0.468 e. The summed E-state index contributed by atoms with van der Waals surface area (Å²) in [5.74, 6) is 2.42. The fraction of sp³-hybridized carbons (Fsp3) is 0.476. The van der Waals surface area contributed by atoms with Gasteiger partial charge < -0.3 is 9.32 Å². The van der Waals surface area contributed by atoms with Crippen LogP contribution in [0, 0.1) is 0 Å². The van der Waals surface area contributed by atoms with E-state index in [9.17, 15) is 4.79 Å². The van der Waals surface area contributed by atoms with Gasteiger partial charge in [-0.05, 0) is 41.5 Å². The Labute approximate surface area is 154 Å². The van der Waals surface area contributed by atoms with E-state index in [4.69, 9.17) is 4.42 Å². The molecule has 1 aromatic carbocycles. The van der Waals surface area contributed by atoms with Gasteiger partial charge in [0, 0.05) is 6.54 Å². The number of thioether (sulfide) groups is 1. The van der Waals surface area contributed by atoms with Gasteiger partial charge in [0.05, 0.1) is 23.8 Å². The summed E-state index contributed by atoms with van der Waals surface area (Å²) in [4.78, 5) is 14.7. The van der Waals surface area contributed by atoms with E-state index >= 15 is 0 Å². The number of furan rings is 1. The van der Waals surface area contributed by atoms with Gasteiger partial charge in [-0.15, -0.1) is 11.8 Å². The van der Waals surface area contributed by atoms with Crippen LogP contribution in [0.25, 0.3) is 0 Å². The third kappa shape index (κ3) is 4.49. The van der Waals surface area contributed by atoms with E-state index in [1.165, 1.54) is 11.1 Å². The topological polar surface area (TPSA) is 33.5 Å². The molecule has 1 fully saturated rings. The molecule has 134 valence electrons. The number of carbonyl (C=O) groups excluding carboxylic acids is 1. The Morgan fingerprint density at radius 3 is 2.64 bits per heavy atom. The summed E-state index contributed by atoms with van der Waals surface area (Å²) in [6.07, 6.45) is 3.82. The number of likely N-dealkylation sites (tertiary alicyclic amines) is 1. The quantitative estimate of drug-likeness (QED) is 0.740. The zero-order chi connectivity index (χ0) is 17.9. The molecule has 1 amide bonds. The molecule has 25 heavy (non-hydrogen) atoms. The van der Waals surface area contributed by atoms with Crippen molar-refractivity contribution in [3.8, 4) is 0 Å². The highest BCUT2D eigenvalue weighted by atomic mass is 32.2. The second-order valence-corrected chi connectivity index (χ2v) is 8.67. The first-order chi connectivity index (χ1) is 11.9. The molecule has 0 saturated carbocycles. The minimum absolute atomic E-state index is 0.159. The van der Waals surface area contributed by atoms with Crippen LogP contribution in [0.3, 0.4) is 0 Å². The maximum absolute atomic E-state index is 12.7. The molecule has 0 N–H and O–H groups in total. The molecule has 2 aromatic rings. The Hall–Kier alpha value is -1.68. The van der Waals surface area contributed by atoms with Crippen LogP contribution in [0.5, 0.6) is 0 Å². The van der Waals surface area contributed by atoms with Gasteiger partial charge in [0.25, 0.3) is 0 Å². The molecule has 4 heteroatoms. The predicted octanol–water partition coefficient (Wildman–Crippen LogP) is 5.17. The Kier molecular flexibility index (Phi) is 5.57. The van der Waals surface area contributed by atoms with Crippen molar-refractivity contribution < 1.29 is 9.21 Å². The van der Waals surface area contributed by atoms with Crippen LogP contribution in [0.4, 0.5) is 0 Å². The van der Waals surface area contributed by atoms with Crippen LogP contribution >= 0.6 is 11.8 Å². The molecule has 1 aromatic heterocycles. The normalized spacial score (nSPS) is 17.9. The SMILES string of the molecule is CC(C)(C)c1ccc(C2CCCN2C(=O)CSCc2ccco2)cc1. The first kappa shape index (κ1) is 18.1. The first-order valence-corrected chi connectivity index (χ1v) is 10.1. The monoisotopic (exact) mass is 357 g/mol. The van der Waals surface area contributed by atoms with Gasteiger partial charge in [-0.2, -0.15) is 0 Å². The van der Waals surface area contributed by atoms with Gasteiger partial charge in [-0.1, -0.05) is 45.0 Å². The van der Waals surface area contributed by atoms with E-state index in [1.807, 2.05) is 12.1 Å². The Morgan fingerprint density at radius 1 is 1.24 bits per heavy atom. The number of amides is 1. The van der Waals surface area contributed by atoms with Gasteiger partial charge in [0.2, 0.25) is 5.91 Å². The second-order valence-electron chi connectivity index (χ2n) is 7.69. The van der Waals surface area contributed by atoms with Gasteiger partial charge in [-0.3, -0.25) is 4.79 Å². The molecule has 0 radical (unpaired) electrons. The maximum atomic E-state index is 12.7. The van der Waals surface area contributed by atoms with Gasteiger partial charge in [0.1, 0.15) is 5.76 Å². The summed E-state index contributed by atoms with van der Waals surface area (Å²) in [5, 5.41) is 0. The maximum Gasteiger partial charge on any atom is 0.233 e. The minimum Gasteiger partial charge on any atom is -0.468 e. The lowest BCUT2D eigenvalue weighted by molar-refractivity contribution is -0.129. The summed E-state index contributed by atoms with van der Waals surface area (Å²) in [6, 6.07) is 12.9. The molecule has 3 nitrogen and oxygen atoms in total. The van der Waals surface area contributed by atoms with Crippen molar-refractivity contribution in [2.45, 2.75) is 50.8 Å². The number of hydrogen-bond acceptors (Lipinski definition) is 3. The standard InChI is InChI=1S/C21H27NO2S/c1-21(2,3)17-10-8-16(9-11-17)19-7-4-12-22(19)20(23)15-25-14-18-6-5-13-24-18/h5-6,8-11,13,19H,4,7,12,14-15H2,1-3H3. The van der Waals surface area contributed by atoms with Gasteiger partial charge in [0.15, 0.2) is 0 Å². The minimum atomic E-state index is 0.159. The number of nitrogens with zero attached hydrogens (tertiary/aromatic N) is 1. The first-order valence-electron chi connectivity index (χ1n) is 8.95. The van der Waals surface area contributed by atoms with E-state index in [2.05, 4.69) is 49.9 Å². The fourth-order valence-corrected chi connectivity index (χ4v) is 4.14. The zero-order valence-corrected chi connectivity index (χ0v) is 16.1. The number of rotatable bonds is 5. The molecule has 0 spiro atoms. The summed E-state index contributed by atoms with van der Waals surface area (Å²) < 4.78 is 5.32. The molecule has 3 rings (SSSR count). The number of benzene rings is 1. The Bertz CT molecular complexity index is 686. The fourth-order valence-electron chi connectivity index (χ4n) is 3.33. The molecule has 1 aliphatic rings. The molecule has 2 heterocycles. The summed E-state index contributed by atoms with van der Waals surface area (Å²) in [7, 11) is 0. The van der Waals surface area contributed by atoms with Gasteiger partial charge >= 0.3 is 0 Å². The van der Waals surface area contributed by atoms with Crippen molar-refractivity contribution in [1.82, 2.24) is 4.90 Å². The van der Waals surface area contributed by atoms with Crippen LogP contribution < -0.4 is 0 Å². The summed E-state index contributed by atoms with van der Waals surface area (Å²) in [6.45, 7) is 7.54. The molecular weight excluding hydrogens is 330 g/mol. The van der Waals surface area contributed by atoms with E-state index < -0.39 is 0 Å². The lowest BCUT2D eigenvalue weighted by Gasteiger charge is -2.26. The Balaban J connectivity index is 1.60. The highest BCUT2D eigenvalue weighted by molar-refractivity contribution is 7.99. The van der Waals surface area contributed by atoms with Crippen molar-refractivity contribution in [2.75, 3.05) is 12.3 Å². The van der Waals surface area contributed by atoms with Crippen LogP contribution in [-0.4, -0.2) is 23.1 Å². The Morgan fingerprint density at radius 2 is 2.00 bits per heavy atom. The summed E-state index contributed by atoms with van der Waals surface area (Å²) in [5.41, 5.74) is 2.75. The lowest BCUT2D eigenvalue weighted by Crippen LogP contribution is -2.32. The van der Waals surface area contributed by atoms with E-state index in [-0.39, 0.29) is 17.4 Å². The molecule has 1 saturated heterocycles. The number of hydrogen-bond donors (Lipinski definition) is 0. The third-order valence-electron chi connectivity index (χ3n) is 4.78. The highest BCUT2D eigenvalue weighted by Crippen LogP contribution is 2.34. The average Bonchev–Trinajstić information content (AvgIpc) is 3.25. The molecule has 1 atom stereocenters. The molecule has 0 aliphatic carbocycles. The van der Waals surface area contributed by atoms with Crippen molar-refractivity contribution in [2.24, 2.45) is 0 Å². The van der Waals surface area contributed by atoms with Crippen LogP contribution in [0.2, 0.25) is 0 Å². The van der Waals surface area contributed by atoms with Crippen LogP contribution in [-0.2, 0) is 16.0 Å². The van der Waals surface area contributed by atoms with E-state index in [1.54, 1.807) is 18.0 Å². The van der Waals surface area contributed by atoms with Crippen molar-refractivity contribution in [3.05, 3.63) is 59.5 Å². The zero-order valence-electron chi connectivity index (χ0n) is 15.3. The van der Waals surface area contributed by atoms with Crippen molar-refractivity contribution >= 4 is 17.7 Å². The van der Waals surface area contributed by atoms with Crippen LogP contribution in [0.1, 0.15) is 56.5 Å². The third-order valence-corrected chi connectivity index (χ3v) is 5.72. The molecule has 0 bridgehead atoms.